The Labute approximate surface area is 666 Å². The Morgan fingerprint density at radius 1 is 0.294 bits per heavy atom. The molecule has 2 amide bonds. The number of nitrogens with one attached hydrogen (secondary N) is 2. The van der Waals surface area contributed by atoms with Crippen LogP contribution in [0.4, 0.5) is 0 Å². The summed E-state index contributed by atoms with van der Waals surface area (Å²) in [6, 6.07) is 0. The van der Waals surface area contributed by atoms with Crippen LogP contribution in [0.1, 0.15) is 472 Å². The van der Waals surface area contributed by atoms with Crippen LogP contribution in [0.3, 0.4) is 0 Å². The monoisotopic (exact) mass is 1550 g/mol. The summed E-state index contributed by atoms with van der Waals surface area (Å²) >= 11 is 0. The molecule has 0 aliphatic heterocycles. The van der Waals surface area contributed by atoms with Gasteiger partial charge in [-0.3, -0.25) is 28.8 Å². The third kappa shape index (κ3) is 67.1. The molecule has 0 rings (SSSR count). The molecule has 18 nitrogen and oxygen atoms in total. The lowest BCUT2D eigenvalue weighted by molar-refractivity contribution is -0.155. The maximum Gasteiger partial charge on any atom is 0.314 e. The largest absolute Gasteiger partial charge is 0.462 e. The third-order valence-electron chi connectivity index (χ3n) is 21.0. The van der Waals surface area contributed by atoms with E-state index in [1.165, 1.54) is 180 Å². The number of unbranched alkanes of at least 4 members (excludes halogenated alkanes) is 50. The molecule has 0 heterocycles. The zero-order valence-electron chi connectivity index (χ0n) is 71.3. The van der Waals surface area contributed by atoms with Crippen molar-refractivity contribution in [3.05, 3.63) is 22.9 Å². The van der Waals surface area contributed by atoms with Crippen LogP contribution in [0.25, 0.3) is 0 Å². The van der Waals surface area contributed by atoms with E-state index < -0.39 is 116 Å². The van der Waals surface area contributed by atoms with E-state index in [1.54, 1.807) is 0 Å². The Bertz CT molecular complexity index is 2220. The van der Waals surface area contributed by atoms with E-state index in [0.717, 1.165) is 148 Å². The summed E-state index contributed by atoms with van der Waals surface area (Å²) in [6.45, 7) is 12.6. The Kier molecular flexibility index (Phi) is 75.2. The molecule has 18 heteroatoms. The average Bonchev–Trinajstić information content (AvgIpc) is 0.852. The maximum atomic E-state index is 14.7. The van der Waals surface area contributed by atoms with E-state index in [1.807, 2.05) is 0 Å². The Morgan fingerprint density at radius 3 is 0.890 bits per heavy atom. The number of ether oxygens (including phenoxy) is 5. The van der Waals surface area contributed by atoms with Crippen LogP contribution in [-0.4, -0.2) is 111 Å². The number of esters is 4. The number of amides is 2. The van der Waals surface area contributed by atoms with Crippen molar-refractivity contribution in [3.63, 3.8) is 0 Å². The zero-order valence-corrected chi connectivity index (χ0v) is 71.3. The molecular formula is C91H170N2O16. The minimum absolute atomic E-state index is 0.177. The van der Waals surface area contributed by atoms with Crippen molar-refractivity contribution in [2.75, 3.05) is 13.2 Å². The molecule has 0 aliphatic rings. The lowest BCUT2D eigenvalue weighted by Gasteiger charge is -2.24. The smallest absolute Gasteiger partial charge is 0.314 e. The first kappa shape index (κ1) is 105. The standard InChI is InChI=1S/C91H170N2O16/c1-8-14-20-26-32-38-39-45-51-57-63-69-86(101)107-80(67-61-55-49-43-36-30-24-18-12-5)73-88(103)108-81(74-94)90(93-84(99)72-79(66-60-54-48-42-35-29-23-17-11-4)106-85(100)68-62-56-50-44-37-31-25-19-13-6)91(104)105-75-82(109-87(102)71-78(97)65-59-53-47-41-34-28-22-16-10-3)89(76(7)95)92-83(98)70-77(96)64-58-52-46-40-33-27-21-15-9-2/h76-80,91,94-97,104H,8-75H2,1-7H3,(H,92,98)(H,93,99)/b89-82+,90-81+/t76?,77-,78-,79-,80-,91?/m1/s1. The lowest BCUT2D eigenvalue weighted by Crippen LogP contribution is -2.38. The van der Waals surface area contributed by atoms with Crippen molar-refractivity contribution < 1.29 is 78.0 Å². The van der Waals surface area contributed by atoms with Gasteiger partial charge in [0, 0.05) is 12.8 Å². The van der Waals surface area contributed by atoms with Gasteiger partial charge in [0.25, 0.3) is 0 Å². The number of carbonyl (C=O) groups is 6. The molecule has 0 fully saturated rings. The van der Waals surface area contributed by atoms with Gasteiger partial charge >= 0.3 is 23.9 Å². The van der Waals surface area contributed by atoms with Crippen molar-refractivity contribution in [3.8, 4) is 0 Å². The van der Waals surface area contributed by atoms with Gasteiger partial charge in [0.05, 0.1) is 49.7 Å². The van der Waals surface area contributed by atoms with Crippen molar-refractivity contribution >= 4 is 35.7 Å². The van der Waals surface area contributed by atoms with Crippen LogP contribution in [-0.2, 0) is 52.5 Å². The molecule has 640 valence electrons. The fraction of sp³-hybridized carbons (Fsp3) is 0.890. The van der Waals surface area contributed by atoms with Gasteiger partial charge in [-0.05, 0) is 58.3 Å². The summed E-state index contributed by atoms with van der Waals surface area (Å²) in [5, 5.41) is 62.4. The quantitative estimate of drug-likeness (QED) is 0.00980. The summed E-state index contributed by atoms with van der Waals surface area (Å²) in [5.74, 6) is -5.32. The van der Waals surface area contributed by atoms with Gasteiger partial charge in [-0.1, -0.05) is 375 Å². The van der Waals surface area contributed by atoms with E-state index in [0.29, 0.717) is 64.2 Å². The summed E-state index contributed by atoms with van der Waals surface area (Å²) in [6.07, 6.45) is 52.6. The molecule has 2 unspecified atom stereocenters. The first-order valence-electron chi connectivity index (χ1n) is 45.8. The summed E-state index contributed by atoms with van der Waals surface area (Å²) in [5.41, 5.74) is -0.950. The molecule has 0 aromatic carbocycles. The fourth-order valence-corrected chi connectivity index (χ4v) is 14.2. The topological polar surface area (TPSA) is 274 Å². The number of hydrogen-bond acceptors (Lipinski definition) is 16. The van der Waals surface area contributed by atoms with Crippen LogP contribution >= 0.6 is 0 Å². The Balaban J connectivity index is 7.48. The van der Waals surface area contributed by atoms with Crippen LogP contribution in [0.5, 0.6) is 0 Å². The van der Waals surface area contributed by atoms with Gasteiger partial charge < -0.3 is 59.9 Å². The third-order valence-corrected chi connectivity index (χ3v) is 21.0. The molecule has 0 radical (unpaired) electrons. The molecule has 0 aromatic rings. The SMILES string of the molecule is CCCCCCCCCCCCCC(=O)O[C@H](CCCCCCCCCCC)CC(=O)O/C(CO)=C(/NC(=O)C[C@@H](CCCCCCCCCCC)OC(=O)CCCCCCCCCCC)C(O)OC/C(OC(=O)C[C@H](O)CCCCCCCCCCC)=C(\NC(=O)C[C@H](O)CCCCCCCCCCC)C(C)O. The highest BCUT2D eigenvalue weighted by atomic mass is 16.6. The van der Waals surface area contributed by atoms with Gasteiger partial charge in [-0.2, -0.15) is 0 Å². The van der Waals surface area contributed by atoms with Crippen LogP contribution in [0.15, 0.2) is 22.9 Å². The van der Waals surface area contributed by atoms with Gasteiger partial charge in [0.15, 0.2) is 17.8 Å². The second-order valence-corrected chi connectivity index (χ2v) is 31.9. The summed E-state index contributed by atoms with van der Waals surface area (Å²) in [4.78, 5) is 84.0. The van der Waals surface area contributed by atoms with E-state index in [2.05, 4.69) is 52.2 Å². The van der Waals surface area contributed by atoms with Gasteiger partial charge in [-0.15, -0.1) is 0 Å². The highest BCUT2D eigenvalue weighted by Gasteiger charge is 2.30. The molecule has 0 saturated carbocycles. The summed E-state index contributed by atoms with van der Waals surface area (Å²) < 4.78 is 29.9. The van der Waals surface area contributed by atoms with Crippen molar-refractivity contribution in [1.29, 1.82) is 0 Å². The first-order valence-corrected chi connectivity index (χ1v) is 45.8. The molecule has 0 aliphatic carbocycles. The number of carbonyl (C=O) groups excluding carboxylic acids is 6. The molecule has 0 bridgehead atoms. The maximum absolute atomic E-state index is 14.7. The molecule has 6 atom stereocenters. The number of hydrogen-bond donors (Lipinski definition) is 7. The second-order valence-electron chi connectivity index (χ2n) is 31.9. The van der Waals surface area contributed by atoms with E-state index in [-0.39, 0.29) is 31.4 Å². The van der Waals surface area contributed by atoms with Gasteiger partial charge in [-0.25, -0.2) is 0 Å². The van der Waals surface area contributed by atoms with Crippen molar-refractivity contribution in [1.82, 2.24) is 10.6 Å². The molecule has 0 aromatic heterocycles. The second kappa shape index (κ2) is 78.0. The predicted molar refractivity (Wildman–Crippen MR) is 444 cm³/mol. The number of aliphatic hydroxyl groups excluding tert-OH is 5. The lowest BCUT2D eigenvalue weighted by atomic mass is 10.0. The van der Waals surface area contributed by atoms with Crippen molar-refractivity contribution in [2.45, 2.75) is 509 Å². The number of rotatable bonds is 82. The van der Waals surface area contributed by atoms with Gasteiger partial charge in [0.1, 0.15) is 31.1 Å². The molecule has 109 heavy (non-hydrogen) atoms. The van der Waals surface area contributed by atoms with Gasteiger partial charge in [0.2, 0.25) is 11.8 Å². The fourth-order valence-electron chi connectivity index (χ4n) is 14.2. The minimum atomic E-state index is -2.29. The minimum Gasteiger partial charge on any atom is -0.462 e. The highest BCUT2D eigenvalue weighted by Crippen LogP contribution is 2.25. The predicted octanol–water partition coefficient (Wildman–Crippen LogP) is 22.8. The average molecular weight is 1550 g/mol. The Hall–Kier alpha value is -3.94. The van der Waals surface area contributed by atoms with Crippen molar-refractivity contribution in [2.24, 2.45) is 0 Å². The summed E-state index contributed by atoms with van der Waals surface area (Å²) in [7, 11) is 0. The van der Waals surface area contributed by atoms with Crippen LogP contribution in [0.2, 0.25) is 0 Å². The Morgan fingerprint density at radius 2 is 0.560 bits per heavy atom. The molecule has 0 saturated heterocycles. The molecule has 7 N–H and O–H groups in total. The highest BCUT2D eigenvalue weighted by molar-refractivity contribution is 5.80. The molecule has 0 spiro atoms. The molecular weight excluding hydrogens is 1380 g/mol. The van der Waals surface area contributed by atoms with Crippen LogP contribution in [0, 0.1) is 0 Å². The van der Waals surface area contributed by atoms with E-state index in [4.69, 9.17) is 23.7 Å². The first-order chi connectivity index (χ1) is 53.0. The zero-order chi connectivity index (χ0) is 80.3. The normalized spacial score (nSPS) is 13.8. The number of aliphatic hydroxyl groups is 5. The van der Waals surface area contributed by atoms with Crippen LogP contribution < -0.4 is 10.6 Å². The van der Waals surface area contributed by atoms with E-state index >= 15 is 0 Å². The van der Waals surface area contributed by atoms with E-state index in [9.17, 15) is 54.3 Å².